The van der Waals surface area contributed by atoms with Crippen LogP contribution in [-0.2, 0) is 13.5 Å². The van der Waals surface area contributed by atoms with Gasteiger partial charge in [-0.2, -0.15) is 5.10 Å². The van der Waals surface area contributed by atoms with Crippen LogP contribution < -0.4 is 10.5 Å². The summed E-state index contributed by atoms with van der Waals surface area (Å²) >= 11 is 0. The molecule has 0 aliphatic carbocycles. The second-order valence-corrected chi connectivity index (χ2v) is 4.66. The lowest BCUT2D eigenvalue weighted by atomic mass is 9.99. The number of rotatable bonds is 4. The number of nitrogens with zero attached hydrogens (tertiary/aromatic N) is 2. The van der Waals surface area contributed by atoms with Gasteiger partial charge in [-0.05, 0) is 24.1 Å². The molecule has 21 heavy (non-hydrogen) atoms. The smallest absolute Gasteiger partial charge is 0.406 e. The predicted octanol–water partition coefficient (Wildman–Crippen LogP) is 2.93. The Balaban J connectivity index is 2.30. The van der Waals surface area contributed by atoms with E-state index in [4.69, 9.17) is 5.73 Å². The zero-order valence-electron chi connectivity index (χ0n) is 11.7. The Hall–Kier alpha value is -2.02. The minimum absolute atomic E-state index is 0.280. The summed E-state index contributed by atoms with van der Waals surface area (Å²) in [6, 6.07) is 5.14. The Morgan fingerprint density at radius 3 is 2.71 bits per heavy atom. The SMILES string of the molecule is CCc1nn(C)cc1C(N)c1cccc(OC(F)(F)F)c1. The van der Waals surface area contributed by atoms with Gasteiger partial charge in [-0.3, -0.25) is 4.68 Å². The third-order valence-electron chi connectivity index (χ3n) is 3.06. The molecule has 1 unspecified atom stereocenters. The van der Waals surface area contributed by atoms with E-state index in [0.29, 0.717) is 12.0 Å². The van der Waals surface area contributed by atoms with E-state index >= 15 is 0 Å². The summed E-state index contributed by atoms with van der Waals surface area (Å²) < 4.78 is 42.3. The van der Waals surface area contributed by atoms with Crippen LogP contribution in [0.5, 0.6) is 5.75 Å². The highest BCUT2D eigenvalue weighted by atomic mass is 19.4. The van der Waals surface area contributed by atoms with Crippen LogP contribution in [0.15, 0.2) is 30.5 Å². The van der Waals surface area contributed by atoms with Crippen molar-refractivity contribution in [2.45, 2.75) is 25.7 Å². The van der Waals surface area contributed by atoms with Crippen LogP contribution in [0.25, 0.3) is 0 Å². The molecule has 2 N–H and O–H groups in total. The molecule has 114 valence electrons. The molecule has 0 saturated heterocycles. The number of aryl methyl sites for hydroxylation is 2. The largest absolute Gasteiger partial charge is 0.573 e. The molecule has 2 aromatic rings. The molecule has 0 spiro atoms. The van der Waals surface area contributed by atoms with E-state index in [1.807, 2.05) is 6.92 Å². The number of halogens is 3. The summed E-state index contributed by atoms with van der Waals surface area (Å²) in [4.78, 5) is 0. The molecular weight excluding hydrogens is 283 g/mol. The van der Waals surface area contributed by atoms with Gasteiger partial charge in [0.05, 0.1) is 11.7 Å². The summed E-state index contributed by atoms with van der Waals surface area (Å²) in [5, 5.41) is 4.28. The minimum Gasteiger partial charge on any atom is -0.406 e. The van der Waals surface area contributed by atoms with Crippen molar-refractivity contribution in [2.75, 3.05) is 0 Å². The molecule has 0 fully saturated rings. The standard InChI is InChI=1S/C14H16F3N3O/c1-3-12-11(8-20(2)19-12)13(18)9-5-4-6-10(7-9)21-14(15,16)17/h4-8,13H,3,18H2,1-2H3. The molecule has 0 radical (unpaired) electrons. The molecule has 1 aromatic heterocycles. The van der Waals surface area contributed by atoms with Crippen LogP contribution >= 0.6 is 0 Å². The molecular formula is C14H16F3N3O. The van der Waals surface area contributed by atoms with Crippen molar-refractivity contribution in [3.63, 3.8) is 0 Å². The summed E-state index contributed by atoms with van der Waals surface area (Å²) in [5.41, 5.74) is 8.31. The second kappa shape index (κ2) is 5.77. The highest BCUT2D eigenvalue weighted by molar-refractivity contribution is 5.37. The normalized spacial score (nSPS) is 13.2. The van der Waals surface area contributed by atoms with Gasteiger partial charge < -0.3 is 10.5 Å². The fourth-order valence-electron chi connectivity index (χ4n) is 2.17. The molecule has 4 nitrogen and oxygen atoms in total. The highest BCUT2D eigenvalue weighted by Crippen LogP contribution is 2.28. The fourth-order valence-corrected chi connectivity index (χ4v) is 2.17. The van der Waals surface area contributed by atoms with Gasteiger partial charge in [0.15, 0.2) is 0 Å². The molecule has 2 rings (SSSR count). The van der Waals surface area contributed by atoms with Gasteiger partial charge in [-0.25, -0.2) is 0 Å². The summed E-state index contributed by atoms with van der Waals surface area (Å²) in [6.45, 7) is 1.95. The van der Waals surface area contributed by atoms with Crippen LogP contribution in [0.4, 0.5) is 13.2 Å². The highest BCUT2D eigenvalue weighted by Gasteiger charge is 2.31. The summed E-state index contributed by atoms with van der Waals surface area (Å²) in [7, 11) is 1.78. The molecule has 0 saturated carbocycles. The van der Waals surface area contributed by atoms with E-state index in [-0.39, 0.29) is 5.75 Å². The molecule has 1 heterocycles. The number of hydrogen-bond donors (Lipinski definition) is 1. The molecule has 1 aromatic carbocycles. The maximum Gasteiger partial charge on any atom is 0.573 e. The zero-order chi connectivity index (χ0) is 15.6. The van der Waals surface area contributed by atoms with Crippen LogP contribution in [0.2, 0.25) is 0 Å². The van der Waals surface area contributed by atoms with Crippen molar-refractivity contribution in [3.05, 3.63) is 47.3 Å². The van der Waals surface area contributed by atoms with Gasteiger partial charge in [0, 0.05) is 18.8 Å². The van der Waals surface area contributed by atoms with Crippen LogP contribution in [0.3, 0.4) is 0 Å². The molecule has 0 aliphatic rings. The average molecular weight is 299 g/mol. The van der Waals surface area contributed by atoms with E-state index in [0.717, 1.165) is 11.3 Å². The number of ether oxygens (including phenoxy) is 1. The molecule has 1 atom stereocenters. The number of aromatic nitrogens is 2. The monoisotopic (exact) mass is 299 g/mol. The molecule has 7 heteroatoms. The van der Waals surface area contributed by atoms with E-state index in [1.54, 1.807) is 24.0 Å². The van der Waals surface area contributed by atoms with Crippen molar-refractivity contribution in [3.8, 4) is 5.75 Å². The Labute approximate surface area is 120 Å². The lowest BCUT2D eigenvalue weighted by Gasteiger charge is -2.14. The second-order valence-electron chi connectivity index (χ2n) is 4.66. The lowest BCUT2D eigenvalue weighted by Crippen LogP contribution is -2.18. The van der Waals surface area contributed by atoms with Crippen LogP contribution in [-0.4, -0.2) is 16.1 Å². The third kappa shape index (κ3) is 3.75. The number of alkyl halides is 3. The van der Waals surface area contributed by atoms with Crippen molar-refractivity contribution in [1.29, 1.82) is 0 Å². The number of benzene rings is 1. The Kier molecular flexibility index (Phi) is 4.22. The molecule has 0 bridgehead atoms. The Bertz CT molecular complexity index is 622. The zero-order valence-corrected chi connectivity index (χ0v) is 11.7. The first-order chi connectivity index (χ1) is 9.80. The lowest BCUT2D eigenvalue weighted by molar-refractivity contribution is -0.274. The van der Waals surface area contributed by atoms with Gasteiger partial charge in [-0.15, -0.1) is 13.2 Å². The fraction of sp³-hybridized carbons (Fsp3) is 0.357. The van der Waals surface area contributed by atoms with Gasteiger partial charge in [-0.1, -0.05) is 19.1 Å². The van der Waals surface area contributed by atoms with Crippen LogP contribution in [0.1, 0.15) is 29.8 Å². The van der Waals surface area contributed by atoms with Gasteiger partial charge in [0.1, 0.15) is 5.75 Å². The van der Waals surface area contributed by atoms with Gasteiger partial charge >= 0.3 is 6.36 Å². The topological polar surface area (TPSA) is 53.1 Å². The van der Waals surface area contributed by atoms with Crippen molar-refractivity contribution >= 4 is 0 Å². The quantitative estimate of drug-likeness (QED) is 0.944. The molecule has 0 aliphatic heterocycles. The van der Waals surface area contributed by atoms with E-state index in [1.165, 1.54) is 18.2 Å². The van der Waals surface area contributed by atoms with Gasteiger partial charge in [0.25, 0.3) is 0 Å². The van der Waals surface area contributed by atoms with Crippen molar-refractivity contribution < 1.29 is 17.9 Å². The van der Waals surface area contributed by atoms with Crippen LogP contribution in [0, 0.1) is 0 Å². The number of nitrogens with two attached hydrogens (primary N) is 1. The maximum atomic E-state index is 12.3. The minimum atomic E-state index is -4.72. The Morgan fingerprint density at radius 2 is 2.10 bits per heavy atom. The first-order valence-electron chi connectivity index (χ1n) is 6.44. The average Bonchev–Trinajstić information content (AvgIpc) is 2.77. The summed E-state index contributed by atoms with van der Waals surface area (Å²) in [5.74, 6) is -0.280. The first-order valence-corrected chi connectivity index (χ1v) is 6.44. The Morgan fingerprint density at radius 1 is 1.38 bits per heavy atom. The van der Waals surface area contributed by atoms with Gasteiger partial charge in [0.2, 0.25) is 0 Å². The van der Waals surface area contributed by atoms with E-state index in [9.17, 15) is 13.2 Å². The van der Waals surface area contributed by atoms with E-state index < -0.39 is 12.4 Å². The van der Waals surface area contributed by atoms with E-state index in [2.05, 4.69) is 9.84 Å². The maximum absolute atomic E-state index is 12.3. The van der Waals surface area contributed by atoms with Crippen molar-refractivity contribution in [2.24, 2.45) is 12.8 Å². The summed E-state index contributed by atoms with van der Waals surface area (Å²) in [6.07, 6.45) is -2.24. The molecule has 0 amide bonds. The first kappa shape index (κ1) is 15.4. The predicted molar refractivity (Wildman–Crippen MR) is 71.7 cm³/mol. The third-order valence-corrected chi connectivity index (χ3v) is 3.06. The van der Waals surface area contributed by atoms with Crippen molar-refractivity contribution in [1.82, 2.24) is 9.78 Å². The number of hydrogen-bond acceptors (Lipinski definition) is 3.